The number of carbonyl (C=O) groups is 1. The predicted octanol–water partition coefficient (Wildman–Crippen LogP) is 6.40. The molecule has 11 heteroatoms. The molecule has 6 rings (SSSR count). The summed E-state index contributed by atoms with van der Waals surface area (Å²) in [6, 6.07) is 17.3. The number of benzene rings is 2. The smallest absolute Gasteiger partial charge is 0.435 e. The van der Waals surface area contributed by atoms with Crippen molar-refractivity contribution in [2.75, 3.05) is 18.2 Å². The molecule has 39 heavy (non-hydrogen) atoms. The van der Waals surface area contributed by atoms with Crippen LogP contribution in [0.2, 0.25) is 0 Å². The molecule has 0 saturated heterocycles. The number of rotatable bonds is 6. The summed E-state index contributed by atoms with van der Waals surface area (Å²) >= 11 is 1.32. The van der Waals surface area contributed by atoms with Gasteiger partial charge in [-0.3, -0.25) is 9.20 Å². The minimum absolute atomic E-state index is 0.106. The van der Waals surface area contributed by atoms with E-state index < -0.39 is 17.3 Å². The van der Waals surface area contributed by atoms with Crippen LogP contribution in [0.15, 0.2) is 72.2 Å². The molecule has 1 aliphatic carbocycles. The van der Waals surface area contributed by atoms with Crippen LogP contribution >= 0.6 is 11.3 Å². The van der Waals surface area contributed by atoms with E-state index in [1.807, 2.05) is 12.1 Å². The van der Waals surface area contributed by atoms with Gasteiger partial charge in [0.25, 0.3) is 5.91 Å². The third-order valence-corrected chi connectivity index (χ3v) is 7.96. The average molecular weight is 550 g/mol. The van der Waals surface area contributed by atoms with Gasteiger partial charge in [0.2, 0.25) is 0 Å². The number of methoxy groups -OCH3 is 1. The van der Waals surface area contributed by atoms with Crippen molar-refractivity contribution in [1.29, 1.82) is 0 Å². The van der Waals surface area contributed by atoms with Crippen LogP contribution in [0.25, 0.3) is 17.0 Å². The summed E-state index contributed by atoms with van der Waals surface area (Å²) < 4.78 is 48.4. The summed E-state index contributed by atoms with van der Waals surface area (Å²) in [4.78, 5) is 21.3. The number of anilines is 2. The molecule has 7 nitrogen and oxygen atoms in total. The number of carbonyl (C=O) groups excluding carboxylic acids is 1. The van der Waals surface area contributed by atoms with Gasteiger partial charge in [0.15, 0.2) is 5.69 Å². The minimum Gasteiger partial charge on any atom is -0.497 e. The largest absolute Gasteiger partial charge is 0.497 e. The molecule has 0 aliphatic heterocycles. The molecule has 5 aromatic rings. The molecule has 1 amide bonds. The Kier molecular flexibility index (Phi) is 5.83. The lowest BCUT2D eigenvalue weighted by atomic mass is 9.95. The van der Waals surface area contributed by atoms with E-state index in [1.165, 1.54) is 35.1 Å². The molecule has 1 aliphatic rings. The highest BCUT2D eigenvalue weighted by Crippen LogP contribution is 2.55. The second kappa shape index (κ2) is 9.12. The number of nitrogen functional groups attached to an aromatic ring is 1. The molecule has 0 atom stereocenters. The molecule has 1 saturated carbocycles. The fourth-order valence-electron chi connectivity index (χ4n) is 4.69. The normalized spacial score (nSPS) is 14.4. The van der Waals surface area contributed by atoms with Crippen molar-refractivity contribution < 1.29 is 22.7 Å². The number of aromatic nitrogens is 3. The van der Waals surface area contributed by atoms with E-state index in [-0.39, 0.29) is 22.9 Å². The number of fused-ring (bicyclic) bond motifs is 1. The third-order valence-electron chi connectivity index (χ3n) is 6.92. The number of nitrogens with two attached hydrogens (primary N) is 1. The lowest BCUT2D eigenvalue weighted by Gasteiger charge is -2.14. The van der Waals surface area contributed by atoms with E-state index in [1.54, 1.807) is 47.8 Å². The van der Waals surface area contributed by atoms with E-state index >= 15 is 0 Å². The number of ether oxygens (including phenoxy) is 1. The van der Waals surface area contributed by atoms with Gasteiger partial charge in [-0.1, -0.05) is 24.3 Å². The second-order valence-corrected chi connectivity index (χ2v) is 10.2. The van der Waals surface area contributed by atoms with E-state index in [0.717, 1.165) is 23.4 Å². The van der Waals surface area contributed by atoms with Gasteiger partial charge in [-0.05, 0) is 48.7 Å². The Morgan fingerprint density at radius 1 is 1.10 bits per heavy atom. The molecule has 1 fully saturated rings. The lowest BCUT2D eigenvalue weighted by molar-refractivity contribution is -0.140. The van der Waals surface area contributed by atoms with Crippen molar-refractivity contribution in [3.63, 3.8) is 0 Å². The van der Waals surface area contributed by atoms with E-state index in [9.17, 15) is 18.0 Å². The predicted molar refractivity (Wildman–Crippen MR) is 143 cm³/mol. The first-order chi connectivity index (χ1) is 18.7. The summed E-state index contributed by atoms with van der Waals surface area (Å²) in [5.41, 5.74) is 7.18. The van der Waals surface area contributed by atoms with Gasteiger partial charge in [-0.15, -0.1) is 11.3 Å². The number of halogens is 3. The summed E-state index contributed by atoms with van der Waals surface area (Å²) in [5, 5.41) is 5.18. The Morgan fingerprint density at radius 2 is 1.85 bits per heavy atom. The van der Waals surface area contributed by atoms with E-state index in [0.29, 0.717) is 22.7 Å². The maximum atomic E-state index is 14.0. The zero-order valence-corrected chi connectivity index (χ0v) is 21.4. The number of para-hydroxylation sites is 2. The Morgan fingerprint density at radius 3 is 2.51 bits per heavy atom. The maximum absolute atomic E-state index is 14.0. The summed E-state index contributed by atoms with van der Waals surface area (Å²) in [5.74, 6) is 0.123. The second-order valence-electron chi connectivity index (χ2n) is 9.34. The minimum atomic E-state index is -4.66. The molecular formula is C28H22F3N5O2S. The molecule has 0 spiro atoms. The standard InChI is InChI=1S/C28H22F3N5O2S/c1-38-18-10-13-36-22(14-18)35-24(28(29,30)31)23(36)21-15-39-26(34-21)27(11-12-27)17-8-6-16(7-9-17)25(37)33-20-5-3-2-4-19(20)32/h2-10,13-15H,11-12,32H2,1H3,(H,33,37). The first-order valence-corrected chi connectivity index (χ1v) is 12.9. The highest BCUT2D eigenvalue weighted by atomic mass is 32.1. The van der Waals surface area contributed by atoms with Gasteiger partial charge in [0.05, 0.1) is 18.5 Å². The number of thiazole rings is 1. The average Bonchev–Trinajstić information content (AvgIpc) is 3.41. The fraction of sp³-hybridized carbons (Fsp3) is 0.179. The van der Waals surface area contributed by atoms with Gasteiger partial charge in [-0.2, -0.15) is 13.2 Å². The van der Waals surface area contributed by atoms with Gasteiger partial charge < -0.3 is 15.8 Å². The number of hydrogen-bond acceptors (Lipinski definition) is 6. The quantitative estimate of drug-likeness (QED) is 0.239. The molecule has 0 unspecified atom stereocenters. The SMILES string of the molecule is COc1ccn2c(-c3csc(C4(c5ccc(C(=O)Nc6ccccc6N)cc5)CC4)n3)c(C(F)(F)F)nc2c1. The number of imidazole rings is 1. The third kappa shape index (κ3) is 4.38. The molecule has 3 aromatic heterocycles. The van der Waals surface area contributed by atoms with E-state index in [4.69, 9.17) is 10.5 Å². The zero-order valence-electron chi connectivity index (χ0n) is 20.6. The fourth-order valence-corrected chi connectivity index (χ4v) is 5.78. The lowest BCUT2D eigenvalue weighted by Crippen LogP contribution is -2.14. The van der Waals surface area contributed by atoms with E-state index in [2.05, 4.69) is 15.3 Å². The van der Waals surface area contributed by atoms with Gasteiger partial charge in [0.1, 0.15) is 27.8 Å². The molecule has 3 heterocycles. The topological polar surface area (TPSA) is 94.5 Å². The zero-order chi connectivity index (χ0) is 27.4. The molecule has 3 N–H and O–H groups in total. The first kappa shape index (κ1) is 24.9. The molecular weight excluding hydrogens is 527 g/mol. The summed E-state index contributed by atoms with van der Waals surface area (Å²) in [7, 11) is 1.44. The van der Waals surface area contributed by atoms with Gasteiger partial charge in [0, 0.05) is 28.6 Å². The first-order valence-electron chi connectivity index (χ1n) is 12.1. The van der Waals surface area contributed by atoms with Gasteiger partial charge >= 0.3 is 6.18 Å². The van der Waals surface area contributed by atoms with Crippen LogP contribution in [0.1, 0.15) is 39.5 Å². The molecule has 2 aromatic carbocycles. The Labute approximate surface area is 225 Å². The van der Waals surface area contributed by atoms with Crippen molar-refractivity contribution in [3.05, 3.63) is 94.1 Å². The molecule has 0 bridgehead atoms. The van der Waals surface area contributed by atoms with Gasteiger partial charge in [-0.25, -0.2) is 9.97 Å². The number of nitrogens with one attached hydrogen (secondary N) is 1. The Bertz CT molecular complexity index is 1700. The van der Waals surface area contributed by atoms with Crippen molar-refractivity contribution in [2.24, 2.45) is 0 Å². The summed E-state index contributed by atoms with van der Waals surface area (Å²) in [6.07, 6.45) is -1.54. The number of hydrogen-bond donors (Lipinski definition) is 2. The van der Waals surface area contributed by atoms with Crippen LogP contribution in [0.4, 0.5) is 24.5 Å². The number of alkyl halides is 3. The number of amides is 1. The van der Waals surface area contributed by atoms with Crippen molar-refractivity contribution in [1.82, 2.24) is 14.4 Å². The monoisotopic (exact) mass is 549 g/mol. The molecule has 198 valence electrons. The van der Waals surface area contributed by atoms with Crippen LogP contribution in [-0.4, -0.2) is 27.4 Å². The Balaban J connectivity index is 1.31. The van der Waals surface area contributed by atoms with Crippen LogP contribution in [0.3, 0.4) is 0 Å². The number of pyridine rings is 1. The maximum Gasteiger partial charge on any atom is 0.435 e. The van der Waals surface area contributed by atoms with Crippen LogP contribution in [0.5, 0.6) is 5.75 Å². The van der Waals surface area contributed by atoms with Crippen LogP contribution < -0.4 is 15.8 Å². The van der Waals surface area contributed by atoms with Crippen molar-refractivity contribution >= 4 is 34.3 Å². The highest BCUT2D eigenvalue weighted by molar-refractivity contribution is 7.10. The van der Waals surface area contributed by atoms with Crippen LogP contribution in [0, 0.1) is 0 Å². The van der Waals surface area contributed by atoms with Crippen LogP contribution in [-0.2, 0) is 11.6 Å². The molecule has 0 radical (unpaired) electrons. The summed E-state index contributed by atoms with van der Waals surface area (Å²) in [6.45, 7) is 0. The Hall–Kier alpha value is -4.38. The highest BCUT2D eigenvalue weighted by Gasteiger charge is 2.49. The number of nitrogens with zero attached hydrogens (tertiary/aromatic N) is 3. The van der Waals surface area contributed by atoms with Crippen molar-refractivity contribution in [3.8, 4) is 17.1 Å². The van der Waals surface area contributed by atoms with Crippen molar-refractivity contribution in [2.45, 2.75) is 24.4 Å².